The molecule has 0 aliphatic rings. The Labute approximate surface area is 171 Å². The SMILES string of the molecule is CCCCCc1ccc(-c2ccc(C#Cc3ncc(N=C=S)cn3)cc2)cc1. The second kappa shape index (κ2) is 10.3. The summed E-state index contributed by atoms with van der Waals surface area (Å²) in [6.07, 6.45) is 8.11. The third-order valence-corrected chi connectivity index (χ3v) is 4.46. The van der Waals surface area contributed by atoms with Gasteiger partial charge in [-0.1, -0.05) is 62.1 Å². The van der Waals surface area contributed by atoms with Crippen LogP contribution in [0.15, 0.2) is 65.9 Å². The summed E-state index contributed by atoms with van der Waals surface area (Å²) >= 11 is 4.56. The van der Waals surface area contributed by atoms with E-state index < -0.39 is 0 Å². The van der Waals surface area contributed by atoms with Crippen molar-refractivity contribution in [3.05, 3.63) is 77.9 Å². The molecule has 0 bridgehead atoms. The highest BCUT2D eigenvalue weighted by atomic mass is 32.1. The van der Waals surface area contributed by atoms with E-state index in [0.717, 1.165) is 12.0 Å². The lowest BCUT2D eigenvalue weighted by Gasteiger charge is -2.05. The van der Waals surface area contributed by atoms with Gasteiger partial charge >= 0.3 is 0 Å². The minimum absolute atomic E-state index is 0.450. The number of unbranched alkanes of at least 4 members (excludes halogenated alkanes) is 2. The molecule has 0 unspecified atom stereocenters. The Hall–Kier alpha value is -3.12. The Bertz CT molecular complexity index is 1000. The summed E-state index contributed by atoms with van der Waals surface area (Å²) in [4.78, 5) is 12.1. The molecule has 0 radical (unpaired) electrons. The van der Waals surface area contributed by atoms with Gasteiger partial charge in [-0.15, -0.1) is 0 Å². The number of nitrogens with zero attached hydrogens (tertiary/aromatic N) is 3. The number of isothiocyanates is 1. The molecule has 0 aliphatic carbocycles. The Morgan fingerprint density at radius 3 is 2.11 bits per heavy atom. The van der Waals surface area contributed by atoms with Crippen molar-refractivity contribution < 1.29 is 0 Å². The van der Waals surface area contributed by atoms with Gasteiger partial charge in [-0.2, -0.15) is 4.99 Å². The maximum absolute atomic E-state index is 4.56. The number of thiocarbonyl (C=S) groups is 1. The summed E-state index contributed by atoms with van der Waals surface area (Å²) in [6, 6.07) is 17.1. The molecule has 0 saturated heterocycles. The highest BCUT2D eigenvalue weighted by Gasteiger charge is 1.99. The molecule has 2 aromatic carbocycles. The van der Waals surface area contributed by atoms with Crippen LogP contribution < -0.4 is 0 Å². The minimum Gasteiger partial charge on any atom is -0.227 e. The van der Waals surface area contributed by atoms with E-state index in [4.69, 9.17) is 0 Å². The fraction of sp³-hybridized carbons (Fsp3) is 0.208. The van der Waals surface area contributed by atoms with E-state index in [1.165, 1.54) is 36.0 Å². The standard InChI is InChI=1S/C24H21N3S/c1-2-3-4-5-19-6-11-21(12-7-19)22-13-8-20(9-14-22)10-15-24-25-16-23(17-26-24)27-18-28/h6-9,11-14,16-17H,2-5H2,1H3. The third kappa shape index (κ3) is 5.69. The van der Waals surface area contributed by atoms with Crippen molar-refractivity contribution in [3.8, 4) is 23.0 Å². The monoisotopic (exact) mass is 383 g/mol. The molecule has 3 aromatic rings. The number of hydrogen-bond donors (Lipinski definition) is 0. The van der Waals surface area contributed by atoms with Gasteiger partial charge in [0, 0.05) is 5.56 Å². The van der Waals surface area contributed by atoms with E-state index in [1.807, 2.05) is 12.1 Å². The molecule has 3 nitrogen and oxygen atoms in total. The number of aliphatic imine (C=N–C) groups is 1. The van der Waals surface area contributed by atoms with Crippen LogP contribution in [0.4, 0.5) is 5.69 Å². The van der Waals surface area contributed by atoms with Gasteiger partial charge in [-0.3, -0.25) is 0 Å². The Morgan fingerprint density at radius 1 is 0.857 bits per heavy atom. The van der Waals surface area contributed by atoms with Crippen molar-refractivity contribution >= 4 is 23.1 Å². The maximum atomic E-state index is 4.56. The van der Waals surface area contributed by atoms with Crippen LogP contribution in [-0.4, -0.2) is 15.1 Å². The van der Waals surface area contributed by atoms with E-state index >= 15 is 0 Å². The molecule has 28 heavy (non-hydrogen) atoms. The van der Waals surface area contributed by atoms with Gasteiger partial charge in [-0.05, 0) is 59.8 Å². The highest BCUT2D eigenvalue weighted by Crippen LogP contribution is 2.21. The number of rotatable bonds is 6. The van der Waals surface area contributed by atoms with Gasteiger partial charge < -0.3 is 0 Å². The van der Waals surface area contributed by atoms with Crippen LogP contribution >= 0.6 is 12.2 Å². The van der Waals surface area contributed by atoms with Crippen molar-refractivity contribution in [3.63, 3.8) is 0 Å². The lowest BCUT2D eigenvalue weighted by molar-refractivity contribution is 0.717. The second-order valence-electron chi connectivity index (χ2n) is 6.45. The fourth-order valence-corrected chi connectivity index (χ4v) is 2.92. The molecule has 3 rings (SSSR count). The number of hydrogen-bond acceptors (Lipinski definition) is 4. The zero-order valence-corrected chi connectivity index (χ0v) is 16.7. The Morgan fingerprint density at radius 2 is 1.50 bits per heavy atom. The lowest BCUT2D eigenvalue weighted by atomic mass is 10.0. The predicted molar refractivity (Wildman–Crippen MR) is 118 cm³/mol. The van der Waals surface area contributed by atoms with Crippen LogP contribution in [0.2, 0.25) is 0 Å². The molecule has 0 atom stereocenters. The van der Waals surface area contributed by atoms with Crippen LogP contribution in [0.1, 0.15) is 43.1 Å². The molecule has 1 aromatic heterocycles. The fourth-order valence-electron chi connectivity index (χ4n) is 2.81. The molecule has 1 heterocycles. The van der Waals surface area contributed by atoms with E-state index in [0.29, 0.717) is 11.5 Å². The number of aryl methyl sites for hydroxylation is 1. The maximum Gasteiger partial charge on any atom is 0.205 e. The average molecular weight is 384 g/mol. The number of aromatic nitrogens is 2. The van der Waals surface area contributed by atoms with Crippen molar-refractivity contribution in [1.82, 2.24) is 9.97 Å². The summed E-state index contributed by atoms with van der Waals surface area (Å²) in [5, 5.41) is 2.29. The topological polar surface area (TPSA) is 38.1 Å². The molecule has 0 N–H and O–H groups in total. The average Bonchev–Trinajstić information content (AvgIpc) is 2.75. The molecule has 0 aliphatic heterocycles. The quantitative estimate of drug-likeness (QED) is 0.226. The molecule has 0 spiro atoms. The van der Waals surface area contributed by atoms with Crippen molar-refractivity contribution in [2.45, 2.75) is 32.6 Å². The van der Waals surface area contributed by atoms with Crippen molar-refractivity contribution in [1.29, 1.82) is 0 Å². The highest BCUT2D eigenvalue weighted by molar-refractivity contribution is 7.78. The zero-order valence-electron chi connectivity index (χ0n) is 15.9. The molecule has 0 fully saturated rings. The van der Waals surface area contributed by atoms with E-state index in [2.05, 4.69) is 87.5 Å². The van der Waals surface area contributed by atoms with Gasteiger partial charge in [-0.25, -0.2) is 9.97 Å². The van der Waals surface area contributed by atoms with Crippen LogP contribution in [-0.2, 0) is 6.42 Å². The Kier molecular flexibility index (Phi) is 7.21. The van der Waals surface area contributed by atoms with Crippen LogP contribution in [0, 0.1) is 11.8 Å². The largest absolute Gasteiger partial charge is 0.227 e. The Balaban J connectivity index is 1.66. The van der Waals surface area contributed by atoms with E-state index in [1.54, 1.807) is 12.4 Å². The van der Waals surface area contributed by atoms with Gasteiger partial charge in [0.15, 0.2) is 0 Å². The first-order valence-corrected chi connectivity index (χ1v) is 9.80. The van der Waals surface area contributed by atoms with Crippen molar-refractivity contribution in [2.75, 3.05) is 0 Å². The summed E-state index contributed by atoms with van der Waals surface area (Å²) in [5.41, 5.74) is 5.30. The summed E-state index contributed by atoms with van der Waals surface area (Å²) in [7, 11) is 0. The third-order valence-electron chi connectivity index (χ3n) is 4.37. The molecule has 4 heteroatoms. The first-order chi connectivity index (χ1) is 13.8. The first-order valence-electron chi connectivity index (χ1n) is 9.40. The summed E-state index contributed by atoms with van der Waals surface area (Å²) in [6.45, 7) is 2.23. The van der Waals surface area contributed by atoms with Gasteiger partial charge in [0.05, 0.1) is 17.6 Å². The number of benzene rings is 2. The smallest absolute Gasteiger partial charge is 0.205 e. The summed E-state index contributed by atoms with van der Waals surface area (Å²) < 4.78 is 0. The zero-order chi connectivity index (χ0) is 19.6. The lowest BCUT2D eigenvalue weighted by Crippen LogP contribution is -1.87. The molecule has 0 saturated carbocycles. The van der Waals surface area contributed by atoms with Crippen LogP contribution in [0.5, 0.6) is 0 Å². The molecular formula is C24H21N3S. The normalized spacial score (nSPS) is 9.89. The van der Waals surface area contributed by atoms with Crippen LogP contribution in [0.25, 0.3) is 11.1 Å². The molecule has 0 amide bonds. The minimum atomic E-state index is 0.450. The molecular weight excluding hydrogens is 362 g/mol. The molecule has 138 valence electrons. The van der Waals surface area contributed by atoms with E-state index in [9.17, 15) is 0 Å². The summed E-state index contributed by atoms with van der Waals surface area (Å²) in [5.74, 6) is 6.50. The van der Waals surface area contributed by atoms with Gasteiger partial charge in [0.1, 0.15) is 5.69 Å². The van der Waals surface area contributed by atoms with Crippen LogP contribution in [0.3, 0.4) is 0 Å². The van der Waals surface area contributed by atoms with Crippen molar-refractivity contribution in [2.24, 2.45) is 4.99 Å². The first kappa shape index (κ1) is 19.6. The van der Waals surface area contributed by atoms with E-state index in [-0.39, 0.29) is 0 Å². The predicted octanol–water partition coefficient (Wildman–Crippen LogP) is 6.01. The second-order valence-corrected chi connectivity index (χ2v) is 6.63. The van der Waals surface area contributed by atoms with Gasteiger partial charge in [0.25, 0.3) is 0 Å². The van der Waals surface area contributed by atoms with Gasteiger partial charge in [0.2, 0.25) is 5.82 Å².